The van der Waals surface area contributed by atoms with Crippen LogP contribution in [0.5, 0.6) is 0 Å². The number of carbonyl (C=O) groups is 1. The van der Waals surface area contributed by atoms with Crippen molar-refractivity contribution in [1.82, 2.24) is 15.5 Å². The van der Waals surface area contributed by atoms with Gasteiger partial charge in [0.2, 0.25) is 5.91 Å². The van der Waals surface area contributed by atoms with Gasteiger partial charge in [0, 0.05) is 32.2 Å². The minimum absolute atomic E-state index is 0.0183. The lowest BCUT2D eigenvalue weighted by Gasteiger charge is -2.34. The summed E-state index contributed by atoms with van der Waals surface area (Å²) in [6, 6.07) is 0.476. The van der Waals surface area contributed by atoms with Gasteiger partial charge in [-0.2, -0.15) is 0 Å². The zero-order chi connectivity index (χ0) is 10.7. The van der Waals surface area contributed by atoms with E-state index in [1.807, 2.05) is 11.8 Å². The number of amides is 1. The second-order valence-electron chi connectivity index (χ2n) is 4.63. The van der Waals surface area contributed by atoms with E-state index in [9.17, 15) is 4.79 Å². The Labute approximate surface area is 91.4 Å². The number of carbonyl (C=O) groups excluding carboxylic acids is 1. The molecule has 4 heteroatoms. The molecule has 0 aromatic carbocycles. The average molecular weight is 211 g/mol. The zero-order valence-corrected chi connectivity index (χ0v) is 9.46. The lowest BCUT2D eigenvalue weighted by molar-refractivity contribution is -0.134. The molecule has 0 bridgehead atoms. The Morgan fingerprint density at radius 1 is 1.33 bits per heavy atom. The van der Waals surface area contributed by atoms with E-state index >= 15 is 0 Å². The first-order valence-electron chi connectivity index (χ1n) is 6.03. The van der Waals surface area contributed by atoms with Gasteiger partial charge in [-0.15, -0.1) is 0 Å². The highest BCUT2D eigenvalue weighted by molar-refractivity contribution is 5.81. The van der Waals surface area contributed by atoms with Crippen LogP contribution in [-0.2, 0) is 4.79 Å². The molecule has 1 atom stereocenters. The smallest absolute Gasteiger partial charge is 0.239 e. The number of hydrogen-bond donors (Lipinski definition) is 2. The van der Waals surface area contributed by atoms with Crippen LogP contribution in [0.1, 0.15) is 26.2 Å². The van der Waals surface area contributed by atoms with Gasteiger partial charge < -0.3 is 15.5 Å². The molecule has 0 aliphatic carbocycles. The molecule has 1 unspecified atom stereocenters. The summed E-state index contributed by atoms with van der Waals surface area (Å²) in [4.78, 5) is 14.0. The molecular formula is C11H21N3O. The lowest BCUT2D eigenvalue weighted by atomic mass is 10.1. The molecule has 2 fully saturated rings. The maximum absolute atomic E-state index is 12.0. The van der Waals surface area contributed by atoms with E-state index in [1.165, 1.54) is 19.3 Å². The third kappa shape index (κ3) is 2.69. The molecule has 0 aromatic heterocycles. The molecule has 0 spiro atoms. The number of piperidine rings is 1. The standard InChI is InChI=1S/C11H21N3O/c1-9(13-10-7-12-8-10)11(15)14-5-3-2-4-6-14/h9-10,12-13H,2-8H2,1H3. The van der Waals surface area contributed by atoms with E-state index in [0.29, 0.717) is 6.04 Å². The molecule has 2 N–H and O–H groups in total. The van der Waals surface area contributed by atoms with Gasteiger partial charge in [-0.25, -0.2) is 0 Å². The van der Waals surface area contributed by atoms with Crippen molar-refractivity contribution in [3.05, 3.63) is 0 Å². The third-order valence-electron chi connectivity index (χ3n) is 3.31. The van der Waals surface area contributed by atoms with Crippen molar-refractivity contribution in [1.29, 1.82) is 0 Å². The van der Waals surface area contributed by atoms with Crippen molar-refractivity contribution >= 4 is 5.91 Å². The Morgan fingerprint density at radius 2 is 2.00 bits per heavy atom. The van der Waals surface area contributed by atoms with Crippen molar-refractivity contribution in [3.63, 3.8) is 0 Å². The summed E-state index contributed by atoms with van der Waals surface area (Å²) >= 11 is 0. The molecule has 4 nitrogen and oxygen atoms in total. The Bertz CT molecular complexity index is 222. The Balaban J connectivity index is 1.77. The Morgan fingerprint density at radius 3 is 2.53 bits per heavy atom. The monoisotopic (exact) mass is 211 g/mol. The number of nitrogens with one attached hydrogen (secondary N) is 2. The van der Waals surface area contributed by atoms with Gasteiger partial charge in [0.1, 0.15) is 0 Å². The predicted octanol–water partition coefficient (Wildman–Crippen LogP) is -0.0512. The number of hydrogen-bond acceptors (Lipinski definition) is 3. The molecule has 2 heterocycles. The van der Waals surface area contributed by atoms with Crippen LogP contribution in [0.2, 0.25) is 0 Å². The average Bonchev–Trinajstić information content (AvgIpc) is 2.23. The van der Waals surface area contributed by atoms with Crippen LogP contribution in [0.15, 0.2) is 0 Å². The fraction of sp³-hybridized carbons (Fsp3) is 0.909. The summed E-state index contributed by atoms with van der Waals surface area (Å²) in [5.74, 6) is 0.279. The number of nitrogens with zero attached hydrogens (tertiary/aromatic N) is 1. The van der Waals surface area contributed by atoms with Crippen LogP contribution < -0.4 is 10.6 Å². The van der Waals surface area contributed by atoms with E-state index in [0.717, 1.165) is 26.2 Å². The van der Waals surface area contributed by atoms with Crippen molar-refractivity contribution in [2.45, 2.75) is 38.3 Å². The molecule has 2 saturated heterocycles. The van der Waals surface area contributed by atoms with E-state index in [1.54, 1.807) is 0 Å². The zero-order valence-electron chi connectivity index (χ0n) is 9.46. The second kappa shape index (κ2) is 4.94. The normalized spacial score (nSPS) is 24.7. The van der Waals surface area contributed by atoms with Crippen molar-refractivity contribution in [2.75, 3.05) is 26.2 Å². The largest absolute Gasteiger partial charge is 0.341 e. The highest BCUT2D eigenvalue weighted by atomic mass is 16.2. The number of likely N-dealkylation sites (tertiary alicyclic amines) is 1. The summed E-state index contributed by atoms with van der Waals surface area (Å²) in [5.41, 5.74) is 0. The van der Waals surface area contributed by atoms with Gasteiger partial charge in [0.15, 0.2) is 0 Å². The van der Waals surface area contributed by atoms with Crippen LogP contribution in [-0.4, -0.2) is 49.1 Å². The van der Waals surface area contributed by atoms with Gasteiger partial charge in [0.05, 0.1) is 6.04 Å². The summed E-state index contributed by atoms with van der Waals surface area (Å²) in [5, 5.41) is 6.56. The van der Waals surface area contributed by atoms with Crippen LogP contribution in [0.25, 0.3) is 0 Å². The van der Waals surface area contributed by atoms with Crippen LogP contribution >= 0.6 is 0 Å². The molecule has 2 rings (SSSR count). The molecule has 1 amide bonds. The fourth-order valence-corrected chi connectivity index (χ4v) is 2.22. The first-order chi connectivity index (χ1) is 7.27. The first-order valence-corrected chi connectivity index (χ1v) is 6.03. The van der Waals surface area contributed by atoms with E-state index in [-0.39, 0.29) is 11.9 Å². The minimum atomic E-state index is -0.0183. The molecule has 0 aromatic rings. The van der Waals surface area contributed by atoms with Crippen molar-refractivity contribution in [2.24, 2.45) is 0 Å². The fourth-order valence-electron chi connectivity index (χ4n) is 2.22. The van der Waals surface area contributed by atoms with Gasteiger partial charge >= 0.3 is 0 Å². The van der Waals surface area contributed by atoms with Crippen molar-refractivity contribution < 1.29 is 4.79 Å². The Kier molecular flexibility index (Phi) is 3.59. The topological polar surface area (TPSA) is 44.4 Å². The molecule has 2 aliphatic heterocycles. The lowest BCUT2D eigenvalue weighted by Crippen LogP contribution is -2.60. The van der Waals surface area contributed by atoms with Gasteiger partial charge in [0.25, 0.3) is 0 Å². The SMILES string of the molecule is CC(NC1CNC1)C(=O)N1CCCCC1. The van der Waals surface area contributed by atoms with Gasteiger partial charge in [-0.05, 0) is 26.2 Å². The van der Waals surface area contributed by atoms with Crippen LogP contribution in [0.3, 0.4) is 0 Å². The maximum atomic E-state index is 12.0. The first kappa shape index (κ1) is 10.9. The maximum Gasteiger partial charge on any atom is 0.239 e. The molecule has 0 radical (unpaired) electrons. The minimum Gasteiger partial charge on any atom is -0.341 e. The van der Waals surface area contributed by atoms with E-state index in [2.05, 4.69) is 10.6 Å². The predicted molar refractivity (Wildman–Crippen MR) is 59.7 cm³/mol. The molecular weight excluding hydrogens is 190 g/mol. The van der Waals surface area contributed by atoms with Crippen molar-refractivity contribution in [3.8, 4) is 0 Å². The molecule has 2 aliphatic rings. The summed E-state index contributed by atoms with van der Waals surface area (Å²) in [7, 11) is 0. The summed E-state index contributed by atoms with van der Waals surface area (Å²) < 4.78 is 0. The molecule has 15 heavy (non-hydrogen) atoms. The van der Waals surface area contributed by atoms with Gasteiger partial charge in [-0.3, -0.25) is 4.79 Å². The molecule has 86 valence electrons. The highest BCUT2D eigenvalue weighted by Crippen LogP contribution is 2.10. The highest BCUT2D eigenvalue weighted by Gasteiger charge is 2.26. The van der Waals surface area contributed by atoms with Crippen LogP contribution in [0.4, 0.5) is 0 Å². The van der Waals surface area contributed by atoms with E-state index in [4.69, 9.17) is 0 Å². The molecule has 0 saturated carbocycles. The second-order valence-corrected chi connectivity index (χ2v) is 4.63. The van der Waals surface area contributed by atoms with Crippen LogP contribution in [0, 0.1) is 0 Å². The third-order valence-corrected chi connectivity index (χ3v) is 3.31. The summed E-state index contributed by atoms with van der Waals surface area (Å²) in [6.45, 7) is 5.88. The van der Waals surface area contributed by atoms with E-state index < -0.39 is 0 Å². The van der Waals surface area contributed by atoms with Gasteiger partial charge in [-0.1, -0.05) is 0 Å². The quantitative estimate of drug-likeness (QED) is 0.688. The summed E-state index contributed by atoms with van der Waals surface area (Å²) in [6.07, 6.45) is 3.62. The number of rotatable bonds is 3. The Hall–Kier alpha value is -0.610.